The zero-order chi connectivity index (χ0) is 15.1. The summed E-state index contributed by atoms with van der Waals surface area (Å²) >= 11 is 0. The maximum absolute atomic E-state index is 11.5. The van der Waals surface area contributed by atoms with Crippen molar-refractivity contribution in [3.8, 4) is 0 Å². The molecule has 0 aliphatic carbocycles. The third-order valence-electron chi connectivity index (χ3n) is 3.11. The monoisotopic (exact) mass is 272 g/mol. The highest BCUT2D eigenvalue weighted by molar-refractivity contribution is 5.84. The van der Waals surface area contributed by atoms with Gasteiger partial charge >= 0.3 is 0 Å². The van der Waals surface area contributed by atoms with Crippen LogP contribution in [0.2, 0.25) is 0 Å². The average Bonchev–Trinajstić information content (AvgIpc) is 2.20. The van der Waals surface area contributed by atoms with Crippen molar-refractivity contribution in [2.75, 3.05) is 13.2 Å². The van der Waals surface area contributed by atoms with Gasteiger partial charge < -0.3 is 15.8 Å². The third-order valence-corrected chi connectivity index (χ3v) is 3.11. The van der Waals surface area contributed by atoms with Crippen LogP contribution in [0.4, 0.5) is 0 Å². The number of rotatable bonds is 9. The smallest absolute Gasteiger partial charge is 0.237 e. The number of hydrogen-bond acceptors (Lipinski definition) is 3. The summed E-state index contributed by atoms with van der Waals surface area (Å²) in [5, 5.41) is 3.24. The van der Waals surface area contributed by atoms with Crippen LogP contribution in [-0.2, 0) is 9.53 Å². The predicted octanol–water partition coefficient (Wildman–Crippen LogP) is 2.46. The van der Waals surface area contributed by atoms with Crippen molar-refractivity contribution in [2.24, 2.45) is 11.1 Å². The molecule has 0 aliphatic rings. The first-order valence-corrected chi connectivity index (χ1v) is 7.22. The molecule has 0 aromatic heterocycles. The molecule has 1 unspecified atom stereocenters. The largest absolute Gasteiger partial charge is 0.381 e. The maximum Gasteiger partial charge on any atom is 0.237 e. The highest BCUT2D eigenvalue weighted by Crippen LogP contribution is 2.18. The Balaban J connectivity index is 3.92. The van der Waals surface area contributed by atoms with Gasteiger partial charge in [0.15, 0.2) is 0 Å². The van der Waals surface area contributed by atoms with Crippen molar-refractivity contribution in [3.63, 3.8) is 0 Å². The molecule has 0 aromatic carbocycles. The molecule has 114 valence electrons. The van der Waals surface area contributed by atoms with E-state index in [-0.39, 0.29) is 11.9 Å². The number of nitrogens with two attached hydrogens (primary N) is 1. The summed E-state index contributed by atoms with van der Waals surface area (Å²) in [5.74, 6) is -0.295. The van der Waals surface area contributed by atoms with Gasteiger partial charge in [0.1, 0.15) is 0 Å². The van der Waals surface area contributed by atoms with E-state index in [4.69, 9.17) is 10.5 Å². The van der Waals surface area contributed by atoms with Gasteiger partial charge in [0.25, 0.3) is 0 Å². The number of amides is 1. The fourth-order valence-electron chi connectivity index (χ4n) is 1.91. The molecule has 0 fully saturated rings. The second kappa shape index (κ2) is 7.85. The van der Waals surface area contributed by atoms with E-state index >= 15 is 0 Å². The van der Waals surface area contributed by atoms with Gasteiger partial charge in [-0.1, -0.05) is 20.8 Å². The first kappa shape index (κ1) is 18.4. The van der Waals surface area contributed by atoms with Crippen molar-refractivity contribution in [3.05, 3.63) is 0 Å². The highest BCUT2D eigenvalue weighted by atomic mass is 16.5. The van der Waals surface area contributed by atoms with E-state index < -0.39 is 5.54 Å². The molecule has 0 aromatic rings. The van der Waals surface area contributed by atoms with Crippen molar-refractivity contribution in [1.29, 1.82) is 0 Å². The molecule has 0 radical (unpaired) electrons. The predicted molar refractivity (Wildman–Crippen MR) is 80.0 cm³/mol. The first-order chi connectivity index (χ1) is 8.57. The van der Waals surface area contributed by atoms with Crippen LogP contribution in [0, 0.1) is 5.41 Å². The Morgan fingerprint density at radius 2 is 1.74 bits per heavy atom. The van der Waals surface area contributed by atoms with E-state index in [1.807, 2.05) is 20.8 Å². The highest BCUT2D eigenvalue weighted by Gasteiger charge is 2.30. The molecule has 0 aliphatic heterocycles. The fraction of sp³-hybridized carbons (Fsp3) is 0.933. The van der Waals surface area contributed by atoms with Gasteiger partial charge in [-0.05, 0) is 45.4 Å². The quantitative estimate of drug-likeness (QED) is 0.634. The van der Waals surface area contributed by atoms with Crippen LogP contribution in [-0.4, -0.2) is 30.7 Å². The summed E-state index contributed by atoms with van der Waals surface area (Å²) in [6, 6.07) is 0.235. The van der Waals surface area contributed by atoms with Gasteiger partial charge in [-0.25, -0.2) is 0 Å². The van der Waals surface area contributed by atoms with Gasteiger partial charge in [0, 0.05) is 19.3 Å². The lowest BCUT2D eigenvalue weighted by atomic mass is 9.93. The molecule has 4 nitrogen and oxygen atoms in total. The van der Waals surface area contributed by atoms with Crippen LogP contribution in [0.15, 0.2) is 0 Å². The number of carbonyl (C=O) groups excluding carboxylic acids is 1. The van der Waals surface area contributed by atoms with Crippen LogP contribution >= 0.6 is 0 Å². The third kappa shape index (κ3) is 9.00. The van der Waals surface area contributed by atoms with Crippen molar-refractivity contribution in [2.45, 2.75) is 72.4 Å². The molecule has 1 atom stereocenters. The van der Waals surface area contributed by atoms with Gasteiger partial charge in [-0.3, -0.25) is 4.79 Å². The molecule has 0 heterocycles. The summed E-state index contributed by atoms with van der Waals surface area (Å²) in [7, 11) is 0. The minimum atomic E-state index is -0.637. The average molecular weight is 272 g/mol. The van der Waals surface area contributed by atoms with Crippen LogP contribution < -0.4 is 11.1 Å². The van der Waals surface area contributed by atoms with Gasteiger partial charge in [-0.15, -0.1) is 0 Å². The number of primary amides is 1. The Hall–Kier alpha value is -0.610. The lowest BCUT2D eigenvalue weighted by Gasteiger charge is -2.29. The Labute approximate surface area is 118 Å². The Morgan fingerprint density at radius 3 is 2.16 bits per heavy atom. The molecule has 4 heteroatoms. The number of hydrogen-bond donors (Lipinski definition) is 2. The molecule has 0 bridgehead atoms. The molecule has 0 spiro atoms. The van der Waals surface area contributed by atoms with E-state index in [9.17, 15) is 4.79 Å². The summed E-state index contributed by atoms with van der Waals surface area (Å²) in [6.45, 7) is 14.0. The van der Waals surface area contributed by atoms with Crippen molar-refractivity contribution < 1.29 is 9.53 Å². The summed E-state index contributed by atoms with van der Waals surface area (Å²) in [6.07, 6.45) is 2.59. The second-order valence-electron chi connectivity index (χ2n) is 7.02. The standard InChI is InChI=1S/C15H32N2O2/c1-12(2)17-15(6,13(16)18)8-7-10-19-11-9-14(3,4)5/h12,17H,7-11H2,1-6H3,(H2,16,18). The Kier molecular flexibility index (Phi) is 7.60. The Bertz CT molecular complexity index is 272. The van der Waals surface area contributed by atoms with Crippen LogP contribution in [0.3, 0.4) is 0 Å². The number of ether oxygens (including phenoxy) is 1. The van der Waals surface area contributed by atoms with Gasteiger partial charge in [0.05, 0.1) is 5.54 Å². The van der Waals surface area contributed by atoms with E-state index in [1.54, 1.807) is 0 Å². The molecule has 0 rings (SSSR count). The normalized spacial score (nSPS) is 15.5. The van der Waals surface area contributed by atoms with E-state index in [1.165, 1.54) is 0 Å². The second-order valence-corrected chi connectivity index (χ2v) is 7.02. The molecule has 3 N–H and O–H groups in total. The molecule has 0 saturated carbocycles. The van der Waals surface area contributed by atoms with Crippen molar-refractivity contribution in [1.82, 2.24) is 5.32 Å². The summed E-state index contributed by atoms with van der Waals surface area (Å²) in [4.78, 5) is 11.5. The first-order valence-electron chi connectivity index (χ1n) is 7.22. The molecule has 0 saturated heterocycles. The topological polar surface area (TPSA) is 64.3 Å². The summed E-state index contributed by atoms with van der Waals surface area (Å²) < 4.78 is 5.61. The maximum atomic E-state index is 11.5. The van der Waals surface area contributed by atoms with E-state index in [0.29, 0.717) is 18.4 Å². The zero-order valence-corrected chi connectivity index (χ0v) is 13.5. The van der Waals surface area contributed by atoms with E-state index in [2.05, 4.69) is 26.1 Å². The van der Waals surface area contributed by atoms with Gasteiger partial charge in [-0.2, -0.15) is 0 Å². The summed E-state index contributed by atoms with van der Waals surface area (Å²) in [5.41, 5.74) is 5.14. The zero-order valence-electron chi connectivity index (χ0n) is 13.5. The van der Waals surface area contributed by atoms with Crippen LogP contribution in [0.25, 0.3) is 0 Å². The number of nitrogens with one attached hydrogen (secondary N) is 1. The fourth-order valence-corrected chi connectivity index (χ4v) is 1.91. The molecular formula is C15H32N2O2. The van der Waals surface area contributed by atoms with Gasteiger partial charge in [0.2, 0.25) is 5.91 Å². The van der Waals surface area contributed by atoms with Crippen LogP contribution in [0.5, 0.6) is 0 Å². The molecule has 1 amide bonds. The van der Waals surface area contributed by atoms with Crippen molar-refractivity contribution >= 4 is 5.91 Å². The molecular weight excluding hydrogens is 240 g/mol. The lowest BCUT2D eigenvalue weighted by Crippen LogP contribution is -2.55. The molecule has 19 heavy (non-hydrogen) atoms. The van der Waals surface area contributed by atoms with E-state index in [0.717, 1.165) is 19.4 Å². The Morgan fingerprint density at radius 1 is 1.16 bits per heavy atom. The van der Waals surface area contributed by atoms with Crippen LogP contribution in [0.1, 0.15) is 60.8 Å². The SMILES string of the molecule is CC(C)NC(C)(CCCOCCC(C)(C)C)C(N)=O. The number of carbonyl (C=O) groups is 1. The minimum absolute atomic E-state index is 0.235. The lowest BCUT2D eigenvalue weighted by molar-refractivity contribution is -0.124. The minimum Gasteiger partial charge on any atom is -0.381 e.